The Morgan fingerprint density at radius 3 is 3.08 bits per heavy atom. The highest BCUT2D eigenvalue weighted by atomic mass is 35.5. The minimum atomic E-state index is -0.139. The predicted octanol–water partition coefficient (Wildman–Crippen LogP) is 3.21. The maximum absolute atomic E-state index is 10.1. The predicted molar refractivity (Wildman–Crippen MR) is 88.9 cm³/mol. The van der Waals surface area contributed by atoms with Gasteiger partial charge < -0.3 is 14.6 Å². The summed E-state index contributed by atoms with van der Waals surface area (Å²) in [6.07, 6.45) is 2.57. The van der Waals surface area contributed by atoms with Crippen LogP contribution in [0.15, 0.2) is 35.1 Å². The first kappa shape index (κ1) is 15.2. The van der Waals surface area contributed by atoms with Gasteiger partial charge in [-0.15, -0.1) is 0 Å². The van der Waals surface area contributed by atoms with Crippen LogP contribution in [0.25, 0.3) is 0 Å². The molecule has 0 aliphatic carbocycles. The largest absolute Gasteiger partial charge is 0.508 e. The number of aromatic amines is 1. The number of H-pyrrole nitrogens is 1. The molecule has 1 aromatic carbocycles. The third-order valence-electron chi connectivity index (χ3n) is 4.36. The van der Waals surface area contributed by atoms with Crippen molar-refractivity contribution in [1.82, 2.24) is 20.0 Å². The molecule has 1 aliphatic rings. The van der Waals surface area contributed by atoms with Crippen molar-refractivity contribution in [2.75, 3.05) is 6.54 Å². The zero-order chi connectivity index (χ0) is 16.7. The van der Waals surface area contributed by atoms with Gasteiger partial charge in [0, 0.05) is 41.9 Å². The number of phenolic OH excluding ortho intramolecular Hbond substituents is 1. The number of phenols is 1. The topological polar surface area (TPSA) is 78.2 Å². The molecule has 0 bridgehead atoms. The van der Waals surface area contributed by atoms with Crippen LogP contribution in [-0.4, -0.2) is 31.7 Å². The number of halogens is 1. The molecular formula is C17H17ClN4O2. The smallest absolute Gasteiger partial charge is 0.160 e. The summed E-state index contributed by atoms with van der Waals surface area (Å²) < 4.78 is 5.52. The van der Waals surface area contributed by atoms with E-state index in [4.69, 9.17) is 16.1 Å². The minimum Gasteiger partial charge on any atom is -0.508 e. The number of benzene rings is 1. The van der Waals surface area contributed by atoms with Crippen molar-refractivity contribution in [1.29, 1.82) is 0 Å². The van der Waals surface area contributed by atoms with Crippen LogP contribution in [-0.2, 0) is 13.0 Å². The Balaban J connectivity index is 1.72. The molecule has 1 aliphatic heterocycles. The number of nitrogens with one attached hydrogen (secondary N) is 1. The molecule has 0 saturated carbocycles. The molecule has 7 heteroatoms. The van der Waals surface area contributed by atoms with E-state index in [1.807, 2.05) is 13.0 Å². The van der Waals surface area contributed by atoms with Gasteiger partial charge in [0.25, 0.3) is 0 Å². The summed E-state index contributed by atoms with van der Waals surface area (Å²) in [7, 11) is 0. The van der Waals surface area contributed by atoms with Crippen LogP contribution in [0.1, 0.15) is 34.4 Å². The van der Waals surface area contributed by atoms with Crippen LogP contribution < -0.4 is 0 Å². The number of hydrogen-bond acceptors (Lipinski definition) is 5. The van der Waals surface area contributed by atoms with E-state index in [1.54, 1.807) is 24.5 Å². The van der Waals surface area contributed by atoms with Crippen molar-refractivity contribution in [3.05, 3.63) is 64.0 Å². The van der Waals surface area contributed by atoms with Crippen LogP contribution >= 0.6 is 11.6 Å². The minimum absolute atomic E-state index is 0.139. The molecule has 0 saturated heterocycles. The first-order valence-corrected chi connectivity index (χ1v) is 8.16. The van der Waals surface area contributed by atoms with Gasteiger partial charge in [0.15, 0.2) is 5.76 Å². The highest BCUT2D eigenvalue weighted by Crippen LogP contribution is 2.36. The van der Waals surface area contributed by atoms with Crippen molar-refractivity contribution in [3.63, 3.8) is 0 Å². The van der Waals surface area contributed by atoms with E-state index < -0.39 is 0 Å². The Bertz CT molecular complexity index is 873. The SMILES string of the molecule is Cc1cc([C@@H]2c3nc[nH]c3CCN2Cc2cc(Cl)ccc2O)on1. The number of imidazole rings is 1. The Labute approximate surface area is 144 Å². The Hall–Kier alpha value is -2.31. The van der Waals surface area contributed by atoms with Gasteiger partial charge in [-0.2, -0.15) is 0 Å². The van der Waals surface area contributed by atoms with Gasteiger partial charge >= 0.3 is 0 Å². The summed E-state index contributed by atoms with van der Waals surface area (Å²) >= 11 is 6.08. The first-order valence-electron chi connectivity index (χ1n) is 7.78. The van der Waals surface area contributed by atoms with Crippen LogP contribution in [0, 0.1) is 6.92 Å². The number of hydrogen-bond donors (Lipinski definition) is 2. The van der Waals surface area contributed by atoms with E-state index in [2.05, 4.69) is 20.0 Å². The molecule has 124 valence electrons. The number of fused-ring (bicyclic) bond motifs is 1. The van der Waals surface area contributed by atoms with Crippen molar-refractivity contribution in [3.8, 4) is 5.75 Å². The fourth-order valence-electron chi connectivity index (χ4n) is 3.22. The van der Waals surface area contributed by atoms with Crippen LogP contribution in [0.3, 0.4) is 0 Å². The summed E-state index contributed by atoms with van der Waals surface area (Å²) in [5.41, 5.74) is 3.67. The summed E-state index contributed by atoms with van der Waals surface area (Å²) in [5.74, 6) is 0.988. The maximum atomic E-state index is 10.1. The van der Waals surface area contributed by atoms with Gasteiger partial charge in [-0.1, -0.05) is 16.8 Å². The first-order chi connectivity index (χ1) is 11.6. The zero-order valence-corrected chi connectivity index (χ0v) is 13.9. The van der Waals surface area contributed by atoms with Gasteiger partial charge in [0.05, 0.1) is 17.7 Å². The number of aromatic nitrogens is 3. The van der Waals surface area contributed by atoms with Crippen molar-refractivity contribution in [2.45, 2.75) is 25.9 Å². The standard InChI is InChI=1S/C17H17ClN4O2/c1-10-6-15(24-21-10)17-16-13(19-9-20-16)4-5-22(17)8-11-7-12(18)2-3-14(11)23/h2-3,6-7,9,17,23H,4-5,8H2,1H3,(H,19,20)/t17-/m1/s1. The second-order valence-electron chi connectivity index (χ2n) is 6.03. The van der Waals surface area contributed by atoms with E-state index in [0.29, 0.717) is 11.6 Å². The van der Waals surface area contributed by atoms with E-state index in [1.165, 1.54) is 0 Å². The van der Waals surface area contributed by atoms with Crippen LogP contribution in [0.4, 0.5) is 0 Å². The lowest BCUT2D eigenvalue weighted by Crippen LogP contribution is -2.35. The molecule has 2 N–H and O–H groups in total. The summed E-state index contributed by atoms with van der Waals surface area (Å²) in [4.78, 5) is 9.90. The molecule has 0 spiro atoms. The number of rotatable bonds is 3. The fraction of sp³-hybridized carbons (Fsp3) is 0.294. The van der Waals surface area contributed by atoms with E-state index in [9.17, 15) is 5.11 Å². The van der Waals surface area contributed by atoms with E-state index >= 15 is 0 Å². The lowest BCUT2D eigenvalue weighted by molar-refractivity contribution is 0.168. The third-order valence-corrected chi connectivity index (χ3v) is 4.59. The van der Waals surface area contributed by atoms with Gasteiger partial charge in [-0.25, -0.2) is 4.98 Å². The summed E-state index contributed by atoms with van der Waals surface area (Å²) in [6, 6.07) is 6.88. The van der Waals surface area contributed by atoms with Gasteiger partial charge in [-0.05, 0) is 25.1 Å². The molecule has 1 atom stereocenters. The lowest BCUT2D eigenvalue weighted by atomic mass is 9.99. The fourth-order valence-corrected chi connectivity index (χ4v) is 3.42. The van der Waals surface area contributed by atoms with Gasteiger partial charge in [0.2, 0.25) is 0 Å². The van der Waals surface area contributed by atoms with Crippen molar-refractivity contribution < 1.29 is 9.63 Å². The monoisotopic (exact) mass is 344 g/mol. The van der Waals surface area contributed by atoms with Crippen molar-refractivity contribution >= 4 is 11.6 Å². The average Bonchev–Trinajstić information content (AvgIpc) is 3.19. The molecule has 0 unspecified atom stereocenters. The van der Waals surface area contributed by atoms with Gasteiger partial charge in [-0.3, -0.25) is 4.90 Å². The molecule has 24 heavy (non-hydrogen) atoms. The molecule has 3 heterocycles. The Kier molecular flexibility index (Phi) is 3.78. The molecule has 0 fully saturated rings. The number of nitrogens with zero attached hydrogens (tertiary/aromatic N) is 3. The molecule has 3 aromatic rings. The number of aryl methyl sites for hydroxylation is 1. The summed E-state index contributed by atoms with van der Waals surface area (Å²) in [5, 5.41) is 14.8. The van der Waals surface area contributed by atoms with Crippen LogP contribution in [0.2, 0.25) is 5.02 Å². The maximum Gasteiger partial charge on any atom is 0.160 e. The second kappa shape index (κ2) is 5.96. The zero-order valence-electron chi connectivity index (χ0n) is 13.2. The quantitative estimate of drug-likeness (QED) is 0.762. The van der Waals surface area contributed by atoms with Crippen molar-refractivity contribution in [2.24, 2.45) is 0 Å². The lowest BCUT2D eigenvalue weighted by Gasteiger charge is -2.33. The molecule has 4 rings (SSSR count). The molecule has 0 amide bonds. The highest BCUT2D eigenvalue weighted by molar-refractivity contribution is 6.30. The van der Waals surface area contributed by atoms with E-state index in [0.717, 1.165) is 41.4 Å². The average molecular weight is 345 g/mol. The van der Waals surface area contributed by atoms with Gasteiger partial charge in [0.1, 0.15) is 11.8 Å². The summed E-state index contributed by atoms with van der Waals surface area (Å²) in [6.45, 7) is 3.25. The second-order valence-corrected chi connectivity index (χ2v) is 6.47. The molecule has 2 aromatic heterocycles. The molecule has 0 radical (unpaired) electrons. The Morgan fingerprint density at radius 1 is 1.42 bits per heavy atom. The van der Waals surface area contributed by atoms with E-state index in [-0.39, 0.29) is 11.8 Å². The number of aromatic hydroxyl groups is 1. The molecular weight excluding hydrogens is 328 g/mol. The Morgan fingerprint density at radius 2 is 2.29 bits per heavy atom. The molecule has 6 nitrogen and oxygen atoms in total. The third kappa shape index (κ3) is 2.68. The van der Waals surface area contributed by atoms with Crippen LogP contribution in [0.5, 0.6) is 5.75 Å². The highest BCUT2D eigenvalue weighted by Gasteiger charge is 2.34. The normalized spacial score (nSPS) is 17.8.